The molecular formula is C15H25N3O2. The van der Waals surface area contributed by atoms with E-state index < -0.39 is 11.5 Å². The van der Waals surface area contributed by atoms with Gasteiger partial charge in [0.2, 0.25) is 0 Å². The van der Waals surface area contributed by atoms with E-state index in [-0.39, 0.29) is 12.0 Å². The van der Waals surface area contributed by atoms with Crippen LogP contribution in [0.5, 0.6) is 0 Å². The molecule has 0 bridgehead atoms. The van der Waals surface area contributed by atoms with Gasteiger partial charge in [0.25, 0.3) is 0 Å². The van der Waals surface area contributed by atoms with Gasteiger partial charge >= 0.3 is 5.97 Å². The minimum atomic E-state index is -0.754. The van der Waals surface area contributed by atoms with Crippen LogP contribution in [0.15, 0.2) is 12.4 Å². The second-order valence-corrected chi connectivity index (χ2v) is 6.23. The molecule has 5 nitrogen and oxygen atoms in total. The first-order chi connectivity index (χ1) is 9.44. The van der Waals surface area contributed by atoms with Crippen LogP contribution < -0.4 is 5.32 Å². The van der Waals surface area contributed by atoms with Crippen LogP contribution in [0.25, 0.3) is 0 Å². The van der Waals surface area contributed by atoms with Crippen LogP contribution in [0.4, 0.5) is 0 Å². The van der Waals surface area contributed by atoms with E-state index in [9.17, 15) is 9.90 Å². The number of aliphatic carboxylic acids is 1. The monoisotopic (exact) mass is 279 g/mol. The zero-order chi connectivity index (χ0) is 14.8. The summed E-state index contributed by atoms with van der Waals surface area (Å²) in [5, 5.41) is 17.3. The number of carbonyl (C=O) groups is 1. The summed E-state index contributed by atoms with van der Waals surface area (Å²) < 4.78 is 1.91. The molecule has 20 heavy (non-hydrogen) atoms. The summed E-state index contributed by atoms with van der Waals surface area (Å²) in [4.78, 5) is 11.8. The van der Waals surface area contributed by atoms with Crippen LogP contribution in [0.3, 0.4) is 0 Å². The number of carboxylic acid groups (broad SMARTS) is 1. The SMILES string of the molecule is Cc1cnn(CCC2CCCC2(NC(C)C)C(=O)O)c1. The lowest BCUT2D eigenvalue weighted by atomic mass is 9.84. The van der Waals surface area contributed by atoms with Gasteiger partial charge in [0.05, 0.1) is 6.20 Å². The maximum atomic E-state index is 11.8. The van der Waals surface area contributed by atoms with Gasteiger partial charge in [-0.1, -0.05) is 6.42 Å². The molecule has 5 heteroatoms. The Bertz CT molecular complexity index is 469. The normalized spacial score (nSPS) is 26.3. The number of rotatable bonds is 6. The van der Waals surface area contributed by atoms with Gasteiger partial charge in [0.1, 0.15) is 5.54 Å². The van der Waals surface area contributed by atoms with Crippen molar-refractivity contribution in [2.24, 2.45) is 5.92 Å². The highest BCUT2D eigenvalue weighted by Gasteiger charge is 2.48. The predicted molar refractivity (Wildman–Crippen MR) is 77.6 cm³/mol. The summed E-state index contributed by atoms with van der Waals surface area (Å²) >= 11 is 0. The van der Waals surface area contributed by atoms with Crippen LogP contribution in [-0.2, 0) is 11.3 Å². The van der Waals surface area contributed by atoms with Gasteiger partial charge in [-0.2, -0.15) is 5.10 Å². The van der Waals surface area contributed by atoms with Crippen molar-refractivity contribution in [2.75, 3.05) is 0 Å². The minimum absolute atomic E-state index is 0.173. The molecule has 1 heterocycles. The summed E-state index contributed by atoms with van der Waals surface area (Å²) in [6, 6.07) is 0.179. The fourth-order valence-electron chi connectivity index (χ4n) is 3.39. The Labute approximate surface area is 120 Å². The largest absolute Gasteiger partial charge is 0.480 e. The lowest BCUT2D eigenvalue weighted by Crippen LogP contribution is -2.57. The van der Waals surface area contributed by atoms with Crippen molar-refractivity contribution < 1.29 is 9.90 Å². The minimum Gasteiger partial charge on any atom is -0.480 e. The fourth-order valence-corrected chi connectivity index (χ4v) is 3.39. The quantitative estimate of drug-likeness (QED) is 0.837. The first-order valence-corrected chi connectivity index (χ1v) is 7.44. The molecule has 2 rings (SSSR count). The molecular weight excluding hydrogens is 254 g/mol. The molecule has 1 aromatic heterocycles. The van der Waals surface area contributed by atoms with E-state index in [1.165, 1.54) is 0 Å². The lowest BCUT2D eigenvalue weighted by molar-refractivity contribution is -0.147. The Kier molecular flexibility index (Phi) is 4.48. The molecule has 2 unspecified atom stereocenters. The highest BCUT2D eigenvalue weighted by atomic mass is 16.4. The molecule has 1 aromatic rings. The number of aryl methyl sites for hydroxylation is 2. The van der Waals surface area contributed by atoms with Gasteiger partial charge in [0, 0.05) is 18.8 Å². The predicted octanol–water partition coefficient (Wildman–Crippen LogP) is 2.20. The standard InChI is InChI=1S/C15H25N3O2/c1-11(2)17-15(14(19)20)7-4-5-13(15)6-8-18-10-12(3)9-16-18/h9-11,13,17H,4-8H2,1-3H3,(H,19,20). The zero-order valence-corrected chi connectivity index (χ0v) is 12.6. The molecule has 1 aliphatic rings. The Morgan fingerprint density at radius 3 is 2.95 bits per heavy atom. The topological polar surface area (TPSA) is 67.2 Å². The van der Waals surface area contributed by atoms with Crippen LogP contribution in [0.1, 0.15) is 45.1 Å². The summed E-state index contributed by atoms with van der Waals surface area (Å²) in [7, 11) is 0. The van der Waals surface area contributed by atoms with E-state index in [4.69, 9.17) is 0 Å². The molecule has 0 spiro atoms. The Morgan fingerprint density at radius 1 is 1.65 bits per heavy atom. The first kappa shape index (κ1) is 15.0. The molecule has 112 valence electrons. The summed E-state index contributed by atoms with van der Waals surface area (Å²) in [6.45, 7) is 6.82. The van der Waals surface area contributed by atoms with Crippen molar-refractivity contribution >= 4 is 5.97 Å². The van der Waals surface area contributed by atoms with Gasteiger partial charge in [-0.3, -0.25) is 14.8 Å². The maximum Gasteiger partial charge on any atom is 0.324 e. The number of nitrogens with one attached hydrogen (secondary N) is 1. The molecule has 0 saturated heterocycles. The van der Waals surface area contributed by atoms with Crippen molar-refractivity contribution in [1.82, 2.24) is 15.1 Å². The molecule has 0 amide bonds. The average Bonchev–Trinajstić information content (AvgIpc) is 2.93. The molecule has 0 radical (unpaired) electrons. The maximum absolute atomic E-state index is 11.8. The van der Waals surface area contributed by atoms with Gasteiger partial charge in [-0.15, -0.1) is 0 Å². The van der Waals surface area contributed by atoms with E-state index in [2.05, 4.69) is 10.4 Å². The molecule has 2 N–H and O–H groups in total. The van der Waals surface area contributed by atoms with Gasteiger partial charge in [-0.25, -0.2) is 0 Å². The second-order valence-electron chi connectivity index (χ2n) is 6.23. The van der Waals surface area contributed by atoms with E-state index in [0.717, 1.165) is 37.8 Å². The van der Waals surface area contributed by atoms with Crippen molar-refractivity contribution in [1.29, 1.82) is 0 Å². The summed E-state index contributed by atoms with van der Waals surface area (Å²) in [6.07, 6.45) is 7.39. The Balaban J connectivity index is 2.06. The summed E-state index contributed by atoms with van der Waals surface area (Å²) in [5.74, 6) is -0.530. The average molecular weight is 279 g/mol. The van der Waals surface area contributed by atoms with E-state index >= 15 is 0 Å². The number of hydrogen-bond acceptors (Lipinski definition) is 3. The Morgan fingerprint density at radius 2 is 2.40 bits per heavy atom. The van der Waals surface area contributed by atoms with Crippen LogP contribution >= 0.6 is 0 Å². The number of aromatic nitrogens is 2. The second kappa shape index (κ2) is 5.95. The third-order valence-electron chi connectivity index (χ3n) is 4.22. The van der Waals surface area contributed by atoms with E-state index in [0.29, 0.717) is 0 Å². The van der Waals surface area contributed by atoms with Gasteiger partial charge in [-0.05, 0) is 51.5 Å². The molecule has 1 fully saturated rings. The van der Waals surface area contributed by atoms with Crippen molar-refractivity contribution in [2.45, 2.75) is 64.6 Å². The molecule has 2 atom stereocenters. The third kappa shape index (κ3) is 3.03. The number of nitrogens with zero attached hydrogens (tertiary/aromatic N) is 2. The van der Waals surface area contributed by atoms with Gasteiger partial charge < -0.3 is 5.11 Å². The smallest absolute Gasteiger partial charge is 0.324 e. The van der Waals surface area contributed by atoms with E-state index in [1.54, 1.807) is 0 Å². The molecule has 0 aromatic carbocycles. The van der Waals surface area contributed by atoms with Gasteiger partial charge in [0.15, 0.2) is 0 Å². The lowest BCUT2D eigenvalue weighted by Gasteiger charge is -2.34. The summed E-state index contributed by atoms with van der Waals surface area (Å²) in [5.41, 5.74) is 0.386. The highest BCUT2D eigenvalue weighted by molar-refractivity contribution is 5.79. The first-order valence-electron chi connectivity index (χ1n) is 7.44. The zero-order valence-electron chi connectivity index (χ0n) is 12.6. The molecule has 0 aliphatic heterocycles. The van der Waals surface area contributed by atoms with E-state index in [1.807, 2.05) is 37.8 Å². The fraction of sp³-hybridized carbons (Fsp3) is 0.733. The van der Waals surface area contributed by atoms with Crippen LogP contribution in [0.2, 0.25) is 0 Å². The van der Waals surface area contributed by atoms with Crippen LogP contribution in [-0.4, -0.2) is 32.4 Å². The molecule has 1 aliphatic carbocycles. The van der Waals surface area contributed by atoms with Crippen molar-refractivity contribution in [3.63, 3.8) is 0 Å². The highest BCUT2D eigenvalue weighted by Crippen LogP contribution is 2.39. The third-order valence-corrected chi connectivity index (χ3v) is 4.22. The number of hydrogen-bond donors (Lipinski definition) is 2. The van der Waals surface area contributed by atoms with Crippen molar-refractivity contribution in [3.05, 3.63) is 18.0 Å². The van der Waals surface area contributed by atoms with Crippen molar-refractivity contribution in [3.8, 4) is 0 Å². The van der Waals surface area contributed by atoms with Crippen LogP contribution in [0, 0.1) is 12.8 Å². The number of carboxylic acids is 1. The Hall–Kier alpha value is -1.36. The molecule has 1 saturated carbocycles.